The molecule has 0 aromatic heterocycles. The first-order valence-electron chi connectivity index (χ1n) is 7.53. The molecule has 1 aliphatic rings. The van der Waals surface area contributed by atoms with Crippen LogP contribution in [0.5, 0.6) is 0 Å². The van der Waals surface area contributed by atoms with Gasteiger partial charge in [-0.1, -0.05) is 19.8 Å². The molecule has 6 nitrogen and oxygen atoms in total. The van der Waals surface area contributed by atoms with Crippen molar-refractivity contribution in [2.24, 2.45) is 0 Å². The van der Waals surface area contributed by atoms with Crippen LogP contribution in [0.15, 0.2) is 12.3 Å². The van der Waals surface area contributed by atoms with E-state index >= 15 is 0 Å². The van der Waals surface area contributed by atoms with Crippen LogP contribution in [-0.2, 0) is 18.1 Å². The van der Waals surface area contributed by atoms with Gasteiger partial charge in [0.1, 0.15) is 0 Å². The van der Waals surface area contributed by atoms with Crippen molar-refractivity contribution in [2.45, 2.75) is 53.0 Å². The lowest BCUT2D eigenvalue weighted by atomic mass is 10.3. The predicted octanol–water partition coefficient (Wildman–Crippen LogP) is 3.02. The highest BCUT2D eigenvalue weighted by molar-refractivity contribution is 6.60. The van der Waals surface area contributed by atoms with Gasteiger partial charge in [0.15, 0.2) is 0 Å². The molecular weight excluding hydrogens is 288 g/mol. The Hall–Kier alpha value is -0.733. The SMILES string of the molecule is CCCCC[Si](OCC)(OCC)OCC.N.O=C1C=CN1. The van der Waals surface area contributed by atoms with Gasteiger partial charge in [0, 0.05) is 38.1 Å². The molecule has 0 atom stereocenters. The molecule has 0 fully saturated rings. The van der Waals surface area contributed by atoms with Crippen LogP contribution in [-0.4, -0.2) is 34.5 Å². The molecule has 126 valence electrons. The van der Waals surface area contributed by atoms with Crippen molar-refractivity contribution in [1.29, 1.82) is 0 Å². The van der Waals surface area contributed by atoms with E-state index in [0.29, 0.717) is 19.8 Å². The lowest BCUT2D eigenvalue weighted by Crippen LogP contribution is -2.45. The maximum atomic E-state index is 9.70. The molecule has 7 heteroatoms. The van der Waals surface area contributed by atoms with Gasteiger partial charge in [0.05, 0.1) is 0 Å². The molecule has 0 unspecified atom stereocenters. The Balaban J connectivity index is 0. The fourth-order valence-electron chi connectivity index (χ4n) is 1.74. The van der Waals surface area contributed by atoms with Crippen LogP contribution in [0.3, 0.4) is 0 Å². The minimum atomic E-state index is -2.33. The molecule has 0 aliphatic carbocycles. The van der Waals surface area contributed by atoms with Crippen molar-refractivity contribution in [1.82, 2.24) is 11.5 Å². The number of carbonyl (C=O) groups excluding carboxylic acids is 1. The molecule has 21 heavy (non-hydrogen) atoms. The van der Waals surface area contributed by atoms with Crippen LogP contribution < -0.4 is 11.5 Å². The first kappa shape index (κ1) is 22.5. The molecule has 1 aliphatic heterocycles. The van der Waals surface area contributed by atoms with Gasteiger partial charge in [0.25, 0.3) is 0 Å². The molecule has 1 heterocycles. The number of hydrogen-bond donors (Lipinski definition) is 2. The predicted molar refractivity (Wildman–Crippen MR) is 87.3 cm³/mol. The van der Waals surface area contributed by atoms with Gasteiger partial charge >= 0.3 is 8.80 Å². The van der Waals surface area contributed by atoms with Gasteiger partial charge in [-0.15, -0.1) is 0 Å². The Bertz CT molecular complexity index is 271. The molecule has 0 aromatic carbocycles. The zero-order valence-electron chi connectivity index (χ0n) is 13.9. The van der Waals surface area contributed by atoms with E-state index in [1.54, 1.807) is 6.20 Å². The van der Waals surface area contributed by atoms with Crippen LogP contribution in [0.25, 0.3) is 0 Å². The largest absolute Gasteiger partial charge is 0.500 e. The van der Waals surface area contributed by atoms with Crippen LogP contribution in [0.1, 0.15) is 47.0 Å². The van der Waals surface area contributed by atoms with E-state index in [1.807, 2.05) is 20.8 Å². The fourth-order valence-corrected chi connectivity index (χ4v) is 4.43. The summed E-state index contributed by atoms with van der Waals surface area (Å²) < 4.78 is 17.3. The monoisotopic (exact) mass is 320 g/mol. The highest BCUT2D eigenvalue weighted by Gasteiger charge is 2.39. The molecule has 0 radical (unpaired) electrons. The molecule has 0 aromatic rings. The number of unbranched alkanes of at least 4 members (excludes halogenated alkanes) is 2. The van der Waals surface area contributed by atoms with Crippen molar-refractivity contribution >= 4 is 14.7 Å². The lowest BCUT2D eigenvalue weighted by molar-refractivity contribution is -0.117. The zero-order valence-corrected chi connectivity index (χ0v) is 14.9. The summed E-state index contributed by atoms with van der Waals surface area (Å²) in [5, 5.41) is 2.39. The minimum Gasteiger partial charge on any atom is -0.374 e. The second-order valence-corrected chi connectivity index (χ2v) is 7.01. The normalized spacial score (nSPS) is 12.7. The molecule has 0 bridgehead atoms. The Morgan fingerprint density at radius 1 is 1.00 bits per heavy atom. The third kappa shape index (κ3) is 10.6. The van der Waals surface area contributed by atoms with Crippen LogP contribution in [0.4, 0.5) is 0 Å². The summed E-state index contributed by atoms with van der Waals surface area (Å²) in [5.74, 6) is 0.00463. The van der Waals surface area contributed by atoms with Gasteiger partial charge in [-0.05, 0) is 27.2 Å². The maximum absolute atomic E-state index is 9.70. The topological polar surface area (TPSA) is 91.8 Å². The number of hydrogen-bond acceptors (Lipinski definition) is 5. The first-order chi connectivity index (χ1) is 9.64. The highest BCUT2D eigenvalue weighted by atomic mass is 28.4. The summed E-state index contributed by atoms with van der Waals surface area (Å²) in [6, 6.07) is 0.955. The summed E-state index contributed by atoms with van der Waals surface area (Å²) >= 11 is 0. The Labute approximate surface area is 130 Å². The summed E-state index contributed by atoms with van der Waals surface area (Å²) in [6.07, 6.45) is 6.65. The van der Waals surface area contributed by atoms with Gasteiger partial charge < -0.3 is 24.7 Å². The second kappa shape index (κ2) is 14.2. The van der Waals surface area contributed by atoms with Crippen molar-refractivity contribution in [3.63, 3.8) is 0 Å². The Morgan fingerprint density at radius 3 is 1.67 bits per heavy atom. The third-order valence-corrected chi connectivity index (χ3v) is 5.79. The first-order valence-corrected chi connectivity index (χ1v) is 9.46. The van der Waals surface area contributed by atoms with E-state index in [1.165, 1.54) is 18.9 Å². The smallest absolute Gasteiger partial charge is 0.374 e. The van der Waals surface area contributed by atoms with E-state index in [9.17, 15) is 4.79 Å². The quantitative estimate of drug-likeness (QED) is 0.477. The molecule has 0 saturated carbocycles. The number of carbonyl (C=O) groups is 1. The third-order valence-electron chi connectivity index (χ3n) is 2.64. The number of amides is 1. The second-order valence-electron chi connectivity index (χ2n) is 4.28. The molecule has 0 saturated heterocycles. The number of rotatable bonds is 10. The average Bonchev–Trinajstić information content (AvgIpc) is 2.38. The minimum absolute atomic E-state index is 0. The van der Waals surface area contributed by atoms with Crippen molar-refractivity contribution in [2.75, 3.05) is 19.8 Å². The lowest BCUT2D eigenvalue weighted by Gasteiger charge is -2.28. The van der Waals surface area contributed by atoms with Gasteiger partial charge in [0.2, 0.25) is 5.91 Å². The van der Waals surface area contributed by atoms with E-state index in [4.69, 9.17) is 13.3 Å². The Kier molecular flexibility index (Phi) is 15.3. The highest BCUT2D eigenvalue weighted by Crippen LogP contribution is 2.19. The summed E-state index contributed by atoms with van der Waals surface area (Å²) in [7, 11) is -2.33. The van der Waals surface area contributed by atoms with Crippen molar-refractivity contribution < 1.29 is 18.1 Å². The molecule has 1 amide bonds. The van der Waals surface area contributed by atoms with Gasteiger partial charge in [-0.3, -0.25) is 4.79 Å². The zero-order chi connectivity index (χ0) is 15.3. The molecular formula is C14H32N2O4Si. The van der Waals surface area contributed by atoms with E-state index in [0.717, 1.165) is 12.5 Å². The molecule has 4 N–H and O–H groups in total. The van der Waals surface area contributed by atoms with E-state index in [2.05, 4.69) is 12.2 Å². The van der Waals surface area contributed by atoms with E-state index in [-0.39, 0.29) is 12.1 Å². The van der Waals surface area contributed by atoms with Crippen LogP contribution >= 0.6 is 0 Å². The summed E-state index contributed by atoms with van der Waals surface area (Å²) in [5.41, 5.74) is 0. The molecule has 1 rings (SSSR count). The van der Waals surface area contributed by atoms with E-state index < -0.39 is 8.80 Å². The van der Waals surface area contributed by atoms with Crippen molar-refractivity contribution in [3.05, 3.63) is 12.3 Å². The fraction of sp³-hybridized carbons (Fsp3) is 0.786. The average molecular weight is 321 g/mol. The summed E-state index contributed by atoms with van der Waals surface area (Å²) in [6.45, 7) is 10.2. The van der Waals surface area contributed by atoms with Crippen molar-refractivity contribution in [3.8, 4) is 0 Å². The standard InChI is InChI=1S/C11H26O3Si.C3H3NO.H3N/c1-5-9-10-11-15(12-6-2,13-7-3)14-8-4;5-3-1-2-4-3;/h5-11H2,1-4H3;1-2H,(H,4,5);1H3. The Morgan fingerprint density at radius 2 is 1.43 bits per heavy atom. The number of nitrogens with one attached hydrogen (secondary N) is 1. The maximum Gasteiger partial charge on any atom is 0.500 e. The molecule has 0 spiro atoms. The van der Waals surface area contributed by atoms with Crippen LogP contribution in [0, 0.1) is 0 Å². The van der Waals surface area contributed by atoms with Gasteiger partial charge in [-0.2, -0.15) is 0 Å². The van der Waals surface area contributed by atoms with Gasteiger partial charge in [-0.25, -0.2) is 0 Å². The summed E-state index contributed by atoms with van der Waals surface area (Å²) in [4.78, 5) is 9.70. The van der Waals surface area contributed by atoms with Crippen LogP contribution in [0.2, 0.25) is 6.04 Å².